The zero-order valence-electron chi connectivity index (χ0n) is 9.81. The third-order valence-corrected chi connectivity index (χ3v) is 3.18. The number of carbonyl (C=O) groups excluding carboxylic acids is 1. The summed E-state index contributed by atoms with van der Waals surface area (Å²) in [5.41, 5.74) is 2.67. The quantitative estimate of drug-likeness (QED) is 0.808. The van der Waals surface area contributed by atoms with Gasteiger partial charge < -0.3 is 9.88 Å². The second-order valence-corrected chi connectivity index (χ2v) is 4.64. The van der Waals surface area contributed by atoms with Gasteiger partial charge in [-0.1, -0.05) is 0 Å². The van der Waals surface area contributed by atoms with E-state index in [9.17, 15) is 4.79 Å². The van der Waals surface area contributed by atoms with Crippen molar-refractivity contribution in [3.63, 3.8) is 0 Å². The lowest BCUT2D eigenvalue weighted by atomic mass is 10.1. The molecule has 0 bridgehead atoms. The largest absolute Gasteiger partial charge is 0.334 e. The fourth-order valence-corrected chi connectivity index (χ4v) is 1.94. The highest BCUT2D eigenvalue weighted by Crippen LogP contribution is 2.19. The second-order valence-electron chi connectivity index (χ2n) is 4.64. The van der Waals surface area contributed by atoms with Gasteiger partial charge in [0.15, 0.2) is 5.78 Å². The maximum atomic E-state index is 11.9. The highest BCUT2D eigenvalue weighted by Gasteiger charge is 2.21. The van der Waals surface area contributed by atoms with Crippen molar-refractivity contribution in [2.24, 2.45) is 7.05 Å². The third kappa shape index (κ3) is 2.08. The maximum Gasteiger partial charge on any atom is 0.176 e. The molecule has 4 nitrogen and oxygen atoms in total. The van der Waals surface area contributed by atoms with Crippen LogP contribution in [0.15, 0.2) is 24.5 Å². The topological polar surface area (TPSA) is 46.9 Å². The molecule has 0 radical (unpaired) electrons. The number of ketones is 1. The summed E-state index contributed by atoms with van der Waals surface area (Å²) in [5, 5.41) is 3.23. The molecule has 1 fully saturated rings. The Labute approximate surface area is 99.6 Å². The number of aromatic nitrogens is 2. The lowest BCUT2D eigenvalue weighted by Crippen LogP contribution is -2.24. The van der Waals surface area contributed by atoms with Gasteiger partial charge in [0.2, 0.25) is 0 Å². The SMILES string of the molecule is Cn1cnc2cc(C(=O)CNC3CC3)ccc21. The van der Waals surface area contributed by atoms with E-state index < -0.39 is 0 Å². The Morgan fingerprint density at radius 1 is 1.53 bits per heavy atom. The molecule has 0 saturated heterocycles. The minimum atomic E-state index is 0.143. The van der Waals surface area contributed by atoms with Gasteiger partial charge in [-0.15, -0.1) is 0 Å². The zero-order chi connectivity index (χ0) is 11.8. The van der Waals surface area contributed by atoms with Crippen molar-refractivity contribution in [1.82, 2.24) is 14.9 Å². The minimum Gasteiger partial charge on any atom is -0.334 e. The summed E-state index contributed by atoms with van der Waals surface area (Å²) in [6.07, 6.45) is 4.17. The van der Waals surface area contributed by atoms with Crippen LogP contribution in [0, 0.1) is 0 Å². The van der Waals surface area contributed by atoms with Crippen LogP contribution in [0.3, 0.4) is 0 Å². The predicted molar refractivity (Wildman–Crippen MR) is 66.1 cm³/mol. The fraction of sp³-hybridized carbons (Fsp3) is 0.385. The molecule has 1 aromatic carbocycles. The number of aryl methyl sites for hydroxylation is 1. The maximum absolute atomic E-state index is 11.9. The molecule has 0 unspecified atom stereocenters. The number of fused-ring (bicyclic) bond motifs is 1. The first-order valence-electron chi connectivity index (χ1n) is 5.92. The molecule has 0 spiro atoms. The summed E-state index contributed by atoms with van der Waals surface area (Å²) in [7, 11) is 1.95. The lowest BCUT2D eigenvalue weighted by molar-refractivity contribution is 0.0990. The summed E-state index contributed by atoms with van der Waals surface area (Å²) in [6.45, 7) is 0.434. The summed E-state index contributed by atoms with van der Waals surface area (Å²) < 4.78 is 1.95. The Morgan fingerprint density at radius 3 is 3.12 bits per heavy atom. The van der Waals surface area contributed by atoms with Crippen molar-refractivity contribution in [2.75, 3.05) is 6.54 Å². The molecular formula is C13H15N3O. The predicted octanol–water partition coefficient (Wildman–Crippen LogP) is 1.51. The summed E-state index contributed by atoms with van der Waals surface area (Å²) in [5.74, 6) is 0.143. The molecule has 2 aromatic rings. The number of carbonyl (C=O) groups is 1. The van der Waals surface area contributed by atoms with Gasteiger partial charge in [0.05, 0.1) is 23.9 Å². The normalized spacial score (nSPS) is 15.4. The van der Waals surface area contributed by atoms with Crippen LogP contribution < -0.4 is 5.32 Å². The molecule has 1 N–H and O–H groups in total. The highest BCUT2D eigenvalue weighted by atomic mass is 16.1. The molecule has 0 atom stereocenters. The Balaban J connectivity index is 1.81. The Kier molecular flexibility index (Phi) is 2.44. The van der Waals surface area contributed by atoms with E-state index in [0.717, 1.165) is 16.6 Å². The third-order valence-electron chi connectivity index (χ3n) is 3.18. The molecule has 1 aliphatic rings. The number of imidazole rings is 1. The van der Waals surface area contributed by atoms with Gasteiger partial charge in [-0.05, 0) is 31.0 Å². The average molecular weight is 229 g/mol. The van der Waals surface area contributed by atoms with E-state index in [1.807, 2.05) is 29.8 Å². The van der Waals surface area contributed by atoms with Gasteiger partial charge in [0, 0.05) is 18.7 Å². The van der Waals surface area contributed by atoms with Crippen LogP contribution in [-0.4, -0.2) is 27.9 Å². The van der Waals surface area contributed by atoms with Gasteiger partial charge in [0.25, 0.3) is 0 Å². The molecule has 0 amide bonds. The van der Waals surface area contributed by atoms with E-state index in [1.54, 1.807) is 6.33 Å². The monoisotopic (exact) mass is 229 g/mol. The average Bonchev–Trinajstić information content (AvgIpc) is 3.10. The smallest absolute Gasteiger partial charge is 0.176 e. The van der Waals surface area contributed by atoms with Crippen molar-refractivity contribution in [3.8, 4) is 0 Å². The van der Waals surface area contributed by atoms with E-state index in [1.165, 1.54) is 12.8 Å². The number of benzene rings is 1. The standard InChI is InChI=1S/C13H15N3O/c1-16-8-15-11-6-9(2-5-12(11)16)13(17)7-14-10-3-4-10/h2,5-6,8,10,14H,3-4,7H2,1H3. The Morgan fingerprint density at radius 2 is 2.35 bits per heavy atom. The first kappa shape index (κ1) is 10.5. The number of nitrogens with zero attached hydrogens (tertiary/aromatic N) is 2. The Bertz CT molecular complexity index is 569. The van der Waals surface area contributed by atoms with Crippen molar-refractivity contribution in [1.29, 1.82) is 0 Å². The number of hydrogen-bond donors (Lipinski definition) is 1. The van der Waals surface area contributed by atoms with E-state index in [2.05, 4.69) is 10.3 Å². The first-order chi connectivity index (χ1) is 8.24. The van der Waals surface area contributed by atoms with Crippen LogP contribution >= 0.6 is 0 Å². The van der Waals surface area contributed by atoms with Gasteiger partial charge in [0.1, 0.15) is 0 Å². The highest BCUT2D eigenvalue weighted by molar-refractivity contribution is 6.00. The van der Waals surface area contributed by atoms with Crippen LogP contribution in [0.4, 0.5) is 0 Å². The van der Waals surface area contributed by atoms with Crippen LogP contribution in [0.5, 0.6) is 0 Å². The van der Waals surface area contributed by atoms with Crippen molar-refractivity contribution >= 4 is 16.8 Å². The van der Waals surface area contributed by atoms with Gasteiger partial charge >= 0.3 is 0 Å². The summed E-state index contributed by atoms with van der Waals surface area (Å²) >= 11 is 0. The molecule has 17 heavy (non-hydrogen) atoms. The summed E-state index contributed by atoms with van der Waals surface area (Å²) in [6, 6.07) is 6.26. The molecule has 1 saturated carbocycles. The van der Waals surface area contributed by atoms with E-state index in [4.69, 9.17) is 0 Å². The molecular weight excluding hydrogens is 214 g/mol. The number of rotatable bonds is 4. The van der Waals surface area contributed by atoms with Crippen LogP contribution in [0.1, 0.15) is 23.2 Å². The molecule has 1 aliphatic carbocycles. The van der Waals surface area contributed by atoms with Crippen molar-refractivity contribution in [3.05, 3.63) is 30.1 Å². The summed E-state index contributed by atoms with van der Waals surface area (Å²) in [4.78, 5) is 16.2. The van der Waals surface area contributed by atoms with Gasteiger partial charge in [-0.2, -0.15) is 0 Å². The van der Waals surface area contributed by atoms with Crippen molar-refractivity contribution in [2.45, 2.75) is 18.9 Å². The second kappa shape index (κ2) is 3.96. The molecule has 3 rings (SSSR count). The van der Waals surface area contributed by atoms with Crippen molar-refractivity contribution < 1.29 is 4.79 Å². The molecule has 88 valence electrons. The lowest BCUT2D eigenvalue weighted by Gasteiger charge is -2.02. The van der Waals surface area contributed by atoms with Crippen LogP contribution in [-0.2, 0) is 7.05 Å². The van der Waals surface area contributed by atoms with Crippen LogP contribution in [0.2, 0.25) is 0 Å². The minimum absolute atomic E-state index is 0.143. The Hall–Kier alpha value is -1.68. The molecule has 1 aromatic heterocycles. The zero-order valence-corrected chi connectivity index (χ0v) is 9.81. The van der Waals surface area contributed by atoms with E-state index in [-0.39, 0.29) is 5.78 Å². The fourth-order valence-electron chi connectivity index (χ4n) is 1.94. The number of nitrogens with one attached hydrogen (secondary N) is 1. The molecule has 0 aliphatic heterocycles. The van der Waals surface area contributed by atoms with Gasteiger partial charge in [-0.25, -0.2) is 4.98 Å². The number of Topliss-reactive ketones (excluding diaryl/α,β-unsaturated/α-hetero) is 1. The molecule has 1 heterocycles. The molecule has 4 heteroatoms. The van der Waals surface area contributed by atoms with E-state index >= 15 is 0 Å². The van der Waals surface area contributed by atoms with Crippen LogP contribution in [0.25, 0.3) is 11.0 Å². The first-order valence-corrected chi connectivity index (χ1v) is 5.92. The van der Waals surface area contributed by atoms with Gasteiger partial charge in [-0.3, -0.25) is 4.79 Å². The number of hydrogen-bond acceptors (Lipinski definition) is 3. The van der Waals surface area contributed by atoms with E-state index in [0.29, 0.717) is 12.6 Å².